The van der Waals surface area contributed by atoms with Gasteiger partial charge in [0.2, 0.25) is 5.95 Å². The first kappa shape index (κ1) is 30.6. The Balaban J connectivity index is 2.23. The molecule has 3 heterocycles. The molecular weight excluding hydrogens is 538 g/mol. The zero-order valence-electron chi connectivity index (χ0n) is 24.2. The number of carbonyl (C=O) groups is 2. The van der Waals surface area contributed by atoms with Gasteiger partial charge in [-0.1, -0.05) is 11.6 Å². The number of nitriles is 1. The maximum atomic E-state index is 13.2. The van der Waals surface area contributed by atoms with Crippen molar-refractivity contribution in [3.05, 3.63) is 33.9 Å². The van der Waals surface area contributed by atoms with Crippen LogP contribution in [-0.2, 0) is 22.4 Å². The number of methoxy groups -OCH3 is 1. The molecule has 40 heavy (non-hydrogen) atoms. The fourth-order valence-electron chi connectivity index (χ4n) is 3.87. The Hall–Kier alpha value is -3.98. The second-order valence-corrected chi connectivity index (χ2v) is 11.5. The molecule has 0 saturated carbocycles. The molecule has 214 valence electrons. The van der Waals surface area contributed by atoms with E-state index in [4.69, 9.17) is 25.8 Å². The number of carbonyl (C=O) groups excluding carboxylic acids is 2. The summed E-state index contributed by atoms with van der Waals surface area (Å²) in [4.78, 5) is 40.4. The summed E-state index contributed by atoms with van der Waals surface area (Å²) >= 11 is 6.63. The van der Waals surface area contributed by atoms with Crippen LogP contribution in [-0.4, -0.2) is 55.2 Å². The summed E-state index contributed by atoms with van der Waals surface area (Å²) < 4.78 is 18.0. The van der Waals surface area contributed by atoms with Gasteiger partial charge in [0, 0.05) is 30.2 Å². The van der Waals surface area contributed by atoms with Gasteiger partial charge in [-0.25, -0.2) is 14.3 Å². The van der Waals surface area contributed by atoms with Crippen molar-refractivity contribution in [2.75, 3.05) is 12.0 Å². The number of anilines is 1. The molecule has 3 aromatic heterocycles. The first-order chi connectivity index (χ1) is 18.6. The summed E-state index contributed by atoms with van der Waals surface area (Å²) in [6.07, 6.45) is 0.0987. The van der Waals surface area contributed by atoms with Crippen LogP contribution in [0.5, 0.6) is 5.75 Å². The molecule has 0 atom stereocenters. The number of rotatable bonds is 6. The zero-order valence-corrected chi connectivity index (χ0v) is 25.0. The first-order valence-corrected chi connectivity index (χ1v) is 13.0. The Morgan fingerprint density at radius 2 is 1.65 bits per heavy atom. The van der Waals surface area contributed by atoms with Crippen LogP contribution in [0.1, 0.15) is 70.5 Å². The maximum absolute atomic E-state index is 13.2. The highest BCUT2D eigenvalue weighted by Crippen LogP contribution is 2.31. The van der Waals surface area contributed by atoms with Gasteiger partial charge in [0.15, 0.2) is 5.65 Å². The topological polar surface area (TPSA) is 145 Å². The van der Waals surface area contributed by atoms with Gasteiger partial charge in [-0.3, -0.25) is 4.98 Å². The number of nitrogens with zero attached hydrogens (tertiary/aromatic N) is 7. The Labute approximate surface area is 238 Å². The average Bonchev–Trinajstić information content (AvgIpc) is 3.15. The SMILES string of the molecule is COc1c(C)cnc(Cn2nc(CCC#N)c3c(Cl)nc(N(C(=O)OC(C)(C)C)C(=O)OC(C)(C)C)nc32)c1C. The van der Waals surface area contributed by atoms with Crippen LogP contribution >= 0.6 is 11.6 Å². The molecule has 2 amide bonds. The van der Waals surface area contributed by atoms with E-state index in [1.165, 1.54) is 0 Å². The van der Waals surface area contributed by atoms with E-state index in [-0.39, 0.29) is 36.1 Å². The Bertz CT molecular complexity index is 1450. The third-order valence-corrected chi connectivity index (χ3v) is 5.76. The molecule has 0 N–H and O–H groups in total. The first-order valence-electron chi connectivity index (χ1n) is 12.6. The van der Waals surface area contributed by atoms with Gasteiger partial charge in [-0.05, 0) is 55.4 Å². The lowest BCUT2D eigenvalue weighted by atomic mass is 10.1. The van der Waals surface area contributed by atoms with Crippen molar-refractivity contribution in [3.63, 3.8) is 0 Å². The number of hydrogen-bond acceptors (Lipinski definition) is 10. The molecule has 0 radical (unpaired) electrons. The van der Waals surface area contributed by atoms with E-state index in [0.29, 0.717) is 27.4 Å². The van der Waals surface area contributed by atoms with E-state index >= 15 is 0 Å². The van der Waals surface area contributed by atoms with E-state index in [2.05, 4.69) is 26.1 Å². The number of aryl methyl sites for hydroxylation is 2. The van der Waals surface area contributed by atoms with Gasteiger partial charge < -0.3 is 14.2 Å². The molecular formula is C27H34ClN7O5. The van der Waals surface area contributed by atoms with E-state index in [9.17, 15) is 14.9 Å². The van der Waals surface area contributed by atoms with Gasteiger partial charge in [0.25, 0.3) is 0 Å². The molecule has 3 rings (SSSR count). The van der Waals surface area contributed by atoms with Gasteiger partial charge in [-0.2, -0.15) is 20.3 Å². The lowest BCUT2D eigenvalue weighted by Gasteiger charge is -2.27. The Kier molecular flexibility index (Phi) is 8.89. The summed E-state index contributed by atoms with van der Waals surface area (Å²) in [7, 11) is 1.59. The number of halogens is 1. The van der Waals surface area contributed by atoms with Crippen molar-refractivity contribution in [1.29, 1.82) is 5.26 Å². The smallest absolute Gasteiger partial charge is 0.427 e. The van der Waals surface area contributed by atoms with Crippen molar-refractivity contribution in [3.8, 4) is 11.8 Å². The minimum absolute atomic E-state index is 0.0533. The summed E-state index contributed by atoms with van der Waals surface area (Å²) in [6.45, 7) is 13.9. The van der Waals surface area contributed by atoms with Crippen LogP contribution in [0, 0.1) is 25.2 Å². The summed E-state index contributed by atoms with van der Waals surface area (Å²) in [5.74, 6) is 0.348. The third-order valence-electron chi connectivity index (χ3n) is 5.48. The highest BCUT2D eigenvalue weighted by molar-refractivity contribution is 6.34. The predicted octanol–water partition coefficient (Wildman–Crippen LogP) is 5.68. The largest absolute Gasteiger partial charge is 0.496 e. The molecule has 0 spiro atoms. The van der Waals surface area contributed by atoms with Crippen LogP contribution in [0.2, 0.25) is 5.15 Å². The van der Waals surface area contributed by atoms with E-state index < -0.39 is 23.4 Å². The van der Waals surface area contributed by atoms with E-state index in [0.717, 1.165) is 11.1 Å². The Morgan fingerprint density at radius 3 is 2.17 bits per heavy atom. The quantitative estimate of drug-likeness (QED) is 0.338. The van der Waals surface area contributed by atoms with Gasteiger partial charge in [-0.15, -0.1) is 4.90 Å². The normalized spacial score (nSPS) is 11.7. The van der Waals surface area contributed by atoms with E-state index in [1.54, 1.807) is 59.5 Å². The van der Waals surface area contributed by atoms with Crippen LogP contribution in [0.4, 0.5) is 15.5 Å². The minimum Gasteiger partial charge on any atom is -0.496 e. The van der Waals surface area contributed by atoms with Gasteiger partial charge in [0.05, 0.1) is 36.5 Å². The second kappa shape index (κ2) is 11.6. The molecule has 0 fully saturated rings. The van der Waals surface area contributed by atoms with Gasteiger partial charge in [0.1, 0.15) is 22.1 Å². The van der Waals surface area contributed by atoms with Crippen LogP contribution in [0.15, 0.2) is 6.20 Å². The number of fused-ring (bicyclic) bond motifs is 1. The van der Waals surface area contributed by atoms with Crippen molar-refractivity contribution in [2.45, 2.75) is 86.0 Å². The fraction of sp³-hybridized carbons (Fsp3) is 0.519. The van der Waals surface area contributed by atoms with E-state index in [1.807, 2.05) is 13.8 Å². The molecule has 13 heteroatoms. The lowest BCUT2D eigenvalue weighted by molar-refractivity contribution is 0.0427. The van der Waals surface area contributed by atoms with Gasteiger partial charge >= 0.3 is 12.2 Å². The van der Waals surface area contributed by atoms with Crippen molar-refractivity contribution < 1.29 is 23.8 Å². The molecule has 0 aliphatic rings. The third kappa shape index (κ3) is 6.96. The second-order valence-electron chi connectivity index (χ2n) is 11.1. The number of ether oxygens (including phenoxy) is 3. The molecule has 3 aromatic rings. The van der Waals surface area contributed by atoms with Crippen molar-refractivity contribution in [1.82, 2.24) is 24.7 Å². The number of hydrogen-bond donors (Lipinski definition) is 0. The van der Waals surface area contributed by atoms with Crippen molar-refractivity contribution >= 4 is 40.8 Å². The molecule has 0 aliphatic carbocycles. The fourth-order valence-corrected chi connectivity index (χ4v) is 4.14. The lowest BCUT2D eigenvalue weighted by Crippen LogP contribution is -2.44. The average molecular weight is 572 g/mol. The summed E-state index contributed by atoms with van der Waals surface area (Å²) in [5, 5.41) is 14.2. The minimum atomic E-state index is -1.03. The van der Waals surface area contributed by atoms with Crippen LogP contribution in [0.3, 0.4) is 0 Å². The molecule has 0 saturated heterocycles. The molecule has 0 bridgehead atoms. The zero-order chi connectivity index (χ0) is 30.0. The summed E-state index contributed by atoms with van der Waals surface area (Å²) in [6, 6.07) is 2.10. The predicted molar refractivity (Wildman–Crippen MR) is 149 cm³/mol. The van der Waals surface area contributed by atoms with Crippen LogP contribution < -0.4 is 9.64 Å². The standard InChI is InChI=1S/C27H34ClN7O5/c1-15-13-30-18(16(2)20(15)38-9)14-34-22-19(17(33-34)11-10-12-29)21(28)31-23(32-22)35(24(36)39-26(3,4)5)25(37)40-27(6,7)8/h13H,10-11,14H2,1-9H3. The highest BCUT2D eigenvalue weighted by Gasteiger charge is 2.36. The number of amides is 2. The number of imide groups is 1. The monoisotopic (exact) mass is 571 g/mol. The van der Waals surface area contributed by atoms with Crippen molar-refractivity contribution in [2.24, 2.45) is 0 Å². The van der Waals surface area contributed by atoms with Crippen LogP contribution in [0.25, 0.3) is 11.0 Å². The maximum Gasteiger partial charge on any atom is 0.427 e. The molecule has 12 nitrogen and oxygen atoms in total. The molecule has 0 aliphatic heterocycles. The Morgan fingerprint density at radius 1 is 1.05 bits per heavy atom. The molecule has 0 aromatic carbocycles. The number of aromatic nitrogens is 5. The number of pyridine rings is 1. The highest BCUT2D eigenvalue weighted by atomic mass is 35.5. The molecule has 0 unspecified atom stereocenters. The summed E-state index contributed by atoms with van der Waals surface area (Å²) in [5.41, 5.74) is 1.23.